The van der Waals surface area contributed by atoms with E-state index in [-0.39, 0.29) is 10.3 Å². The van der Waals surface area contributed by atoms with E-state index in [0.29, 0.717) is 10.8 Å². The molecule has 16 heavy (non-hydrogen) atoms. The Kier molecular flexibility index (Phi) is 4.75. The van der Waals surface area contributed by atoms with Gasteiger partial charge in [-0.15, -0.1) is 11.3 Å². The largest absolute Gasteiger partial charge is 0.393 e. The summed E-state index contributed by atoms with van der Waals surface area (Å²) in [5, 5.41) is 9.14. The fourth-order valence-corrected chi connectivity index (χ4v) is 4.08. The van der Waals surface area contributed by atoms with E-state index >= 15 is 0 Å². The second-order valence-corrected chi connectivity index (χ2v) is 7.32. The second kappa shape index (κ2) is 5.46. The maximum Gasteiger partial charge on any atom is 0.250 e. The van der Waals surface area contributed by atoms with Crippen molar-refractivity contribution in [1.29, 1.82) is 0 Å². The van der Waals surface area contributed by atoms with Crippen molar-refractivity contribution < 1.29 is 13.5 Å². The van der Waals surface area contributed by atoms with Gasteiger partial charge in [-0.1, -0.05) is 11.6 Å². The highest BCUT2D eigenvalue weighted by Crippen LogP contribution is 2.25. The first-order valence-electron chi connectivity index (χ1n) is 4.77. The van der Waals surface area contributed by atoms with Crippen molar-refractivity contribution in [1.82, 2.24) is 4.72 Å². The molecule has 2 unspecified atom stereocenters. The smallest absolute Gasteiger partial charge is 0.250 e. The molecule has 2 atom stereocenters. The van der Waals surface area contributed by atoms with Crippen molar-refractivity contribution in [3.8, 4) is 0 Å². The number of halogens is 1. The Morgan fingerprint density at radius 2 is 2.12 bits per heavy atom. The lowest BCUT2D eigenvalue weighted by Gasteiger charge is -2.14. The number of rotatable bonds is 5. The van der Waals surface area contributed by atoms with Crippen molar-refractivity contribution >= 4 is 33.0 Å². The first kappa shape index (κ1) is 13.9. The van der Waals surface area contributed by atoms with Gasteiger partial charge in [0, 0.05) is 6.04 Å². The van der Waals surface area contributed by atoms with Crippen LogP contribution in [0.25, 0.3) is 0 Å². The molecule has 0 spiro atoms. The fourth-order valence-electron chi connectivity index (χ4n) is 1.32. The van der Waals surface area contributed by atoms with Crippen LogP contribution in [0, 0.1) is 0 Å². The molecule has 7 heteroatoms. The summed E-state index contributed by atoms with van der Waals surface area (Å²) >= 11 is 6.68. The van der Waals surface area contributed by atoms with Crippen LogP contribution in [0.1, 0.15) is 20.3 Å². The zero-order valence-electron chi connectivity index (χ0n) is 8.97. The zero-order chi connectivity index (χ0) is 12.3. The first-order valence-corrected chi connectivity index (χ1v) is 7.45. The highest BCUT2D eigenvalue weighted by Gasteiger charge is 2.19. The summed E-state index contributed by atoms with van der Waals surface area (Å²) in [6.07, 6.45) is -0.164. The van der Waals surface area contributed by atoms with Crippen LogP contribution in [0.5, 0.6) is 0 Å². The molecule has 0 bridgehead atoms. The van der Waals surface area contributed by atoms with E-state index in [1.807, 2.05) is 0 Å². The zero-order valence-corrected chi connectivity index (χ0v) is 11.4. The van der Waals surface area contributed by atoms with Crippen LogP contribution >= 0.6 is 22.9 Å². The number of sulfonamides is 1. The molecule has 4 nitrogen and oxygen atoms in total. The SMILES string of the molecule is CC(O)CC(C)NS(=O)(=O)c1ccc(Cl)s1. The molecule has 0 saturated carbocycles. The lowest BCUT2D eigenvalue weighted by Crippen LogP contribution is -2.34. The highest BCUT2D eigenvalue weighted by atomic mass is 35.5. The molecule has 0 aliphatic rings. The van der Waals surface area contributed by atoms with Gasteiger partial charge >= 0.3 is 0 Å². The summed E-state index contributed by atoms with van der Waals surface area (Å²) in [4.78, 5) is 0. The number of thiophene rings is 1. The summed E-state index contributed by atoms with van der Waals surface area (Å²) in [5.74, 6) is 0. The molecule has 0 saturated heterocycles. The number of nitrogens with one attached hydrogen (secondary N) is 1. The third kappa shape index (κ3) is 4.03. The minimum absolute atomic E-state index is 0.190. The summed E-state index contributed by atoms with van der Waals surface area (Å²) < 4.78 is 26.7. The fraction of sp³-hybridized carbons (Fsp3) is 0.556. The average Bonchev–Trinajstić information content (AvgIpc) is 2.49. The number of aliphatic hydroxyl groups excluding tert-OH is 1. The lowest BCUT2D eigenvalue weighted by molar-refractivity contribution is 0.175. The minimum Gasteiger partial charge on any atom is -0.393 e. The lowest BCUT2D eigenvalue weighted by atomic mass is 10.2. The molecule has 2 N–H and O–H groups in total. The minimum atomic E-state index is -3.51. The van der Waals surface area contributed by atoms with E-state index in [9.17, 15) is 8.42 Å². The van der Waals surface area contributed by atoms with Gasteiger partial charge < -0.3 is 5.11 Å². The number of aliphatic hydroxyl groups is 1. The van der Waals surface area contributed by atoms with Crippen LogP contribution in [0.15, 0.2) is 16.3 Å². The van der Waals surface area contributed by atoms with Crippen molar-refractivity contribution in [2.75, 3.05) is 0 Å². The van der Waals surface area contributed by atoms with Gasteiger partial charge in [0.25, 0.3) is 0 Å². The van der Waals surface area contributed by atoms with Gasteiger partial charge in [-0.25, -0.2) is 13.1 Å². The molecule has 92 valence electrons. The molecular formula is C9H14ClNO3S2. The van der Waals surface area contributed by atoms with E-state index in [0.717, 1.165) is 11.3 Å². The van der Waals surface area contributed by atoms with E-state index in [2.05, 4.69) is 4.72 Å². The molecule has 1 rings (SSSR count). The third-order valence-electron chi connectivity index (χ3n) is 1.86. The molecule has 0 amide bonds. The quantitative estimate of drug-likeness (QED) is 0.866. The first-order chi connectivity index (χ1) is 7.31. The molecule has 1 heterocycles. The van der Waals surface area contributed by atoms with Gasteiger partial charge in [-0.3, -0.25) is 0 Å². The molecule has 0 aliphatic heterocycles. The van der Waals surface area contributed by atoms with E-state index < -0.39 is 16.1 Å². The molecule has 0 fully saturated rings. The Bertz CT molecular complexity index is 441. The Morgan fingerprint density at radius 3 is 2.56 bits per heavy atom. The van der Waals surface area contributed by atoms with Crippen molar-refractivity contribution in [2.45, 2.75) is 36.6 Å². The van der Waals surface area contributed by atoms with Gasteiger partial charge in [0.15, 0.2) is 0 Å². The van der Waals surface area contributed by atoms with Crippen LogP contribution in [-0.4, -0.2) is 25.7 Å². The second-order valence-electron chi connectivity index (χ2n) is 3.67. The van der Waals surface area contributed by atoms with Gasteiger partial charge in [0.05, 0.1) is 10.4 Å². The summed E-state index contributed by atoms with van der Waals surface area (Å²) in [6.45, 7) is 3.33. The average molecular weight is 284 g/mol. The predicted molar refractivity (Wildman–Crippen MR) is 65.4 cm³/mol. The number of hydrogen-bond donors (Lipinski definition) is 2. The van der Waals surface area contributed by atoms with E-state index in [1.165, 1.54) is 6.07 Å². The van der Waals surface area contributed by atoms with Crippen LogP contribution in [0.2, 0.25) is 4.34 Å². The van der Waals surface area contributed by atoms with Gasteiger partial charge in [0.2, 0.25) is 10.0 Å². The van der Waals surface area contributed by atoms with Gasteiger partial charge in [-0.2, -0.15) is 0 Å². The third-order valence-corrected chi connectivity index (χ3v) is 5.18. The predicted octanol–water partition coefficient (Wildman–Crippen LogP) is 1.84. The topological polar surface area (TPSA) is 66.4 Å². The van der Waals surface area contributed by atoms with Crippen molar-refractivity contribution in [2.24, 2.45) is 0 Å². The maximum atomic E-state index is 11.8. The van der Waals surface area contributed by atoms with Crippen LogP contribution in [0.3, 0.4) is 0 Å². The summed E-state index contributed by atoms with van der Waals surface area (Å²) in [7, 11) is -3.51. The summed E-state index contributed by atoms with van der Waals surface area (Å²) in [6, 6.07) is 2.69. The Labute approximate surface area is 104 Å². The van der Waals surface area contributed by atoms with E-state index in [4.69, 9.17) is 16.7 Å². The molecule has 1 aromatic heterocycles. The maximum absolute atomic E-state index is 11.8. The van der Waals surface area contributed by atoms with Gasteiger partial charge in [-0.05, 0) is 32.4 Å². The molecule has 0 aromatic carbocycles. The van der Waals surface area contributed by atoms with Crippen LogP contribution in [0.4, 0.5) is 0 Å². The monoisotopic (exact) mass is 283 g/mol. The molecule has 0 radical (unpaired) electrons. The van der Waals surface area contributed by atoms with Crippen molar-refractivity contribution in [3.05, 3.63) is 16.5 Å². The standard InChI is InChI=1S/C9H14ClNO3S2/c1-6(5-7(2)12)11-16(13,14)9-4-3-8(10)15-9/h3-4,6-7,11-12H,5H2,1-2H3. The molecule has 0 aliphatic carbocycles. The Balaban J connectivity index is 2.73. The highest BCUT2D eigenvalue weighted by molar-refractivity contribution is 7.91. The molecule has 1 aromatic rings. The molecular weight excluding hydrogens is 270 g/mol. The normalized spacial score (nSPS) is 16.0. The van der Waals surface area contributed by atoms with Gasteiger partial charge in [0.1, 0.15) is 4.21 Å². The van der Waals surface area contributed by atoms with Crippen molar-refractivity contribution in [3.63, 3.8) is 0 Å². The van der Waals surface area contributed by atoms with Crippen LogP contribution < -0.4 is 4.72 Å². The number of hydrogen-bond acceptors (Lipinski definition) is 4. The Morgan fingerprint density at radius 1 is 1.50 bits per heavy atom. The van der Waals surface area contributed by atoms with Crippen LogP contribution in [-0.2, 0) is 10.0 Å². The van der Waals surface area contributed by atoms with E-state index in [1.54, 1.807) is 19.9 Å². The summed E-state index contributed by atoms with van der Waals surface area (Å²) in [5.41, 5.74) is 0. The Hall–Kier alpha value is -0.140.